The van der Waals surface area contributed by atoms with E-state index in [-0.39, 0.29) is 10.9 Å². The van der Waals surface area contributed by atoms with Crippen LogP contribution in [0.15, 0.2) is 17.3 Å². The number of rotatable bonds is 6. The molecule has 2 N–H and O–H groups in total. The molecular weight excluding hydrogens is 240 g/mol. The minimum absolute atomic E-state index is 0.112. The number of aromatic nitrogens is 2. The zero-order chi connectivity index (χ0) is 12.3. The van der Waals surface area contributed by atoms with E-state index in [4.69, 9.17) is 0 Å². The summed E-state index contributed by atoms with van der Waals surface area (Å²) in [6, 6.07) is 0.112. The van der Waals surface area contributed by atoms with E-state index in [1.807, 2.05) is 7.05 Å². The second-order valence-corrected chi connectivity index (χ2v) is 6.01. The Morgan fingerprint density at radius 2 is 2.29 bits per heavy atom. The Morgan fingerprint density at radius 1 is 1.53 bits per heavy atom. The zero-order valence-corrected chi connectivity index (χ0v) is 10.7. The average Bonchev–Trinajstić information content (AvgIpc) is 2.70. The van der Waals surface area contributed by atoms with E-state index in [0.717, 1.165) is 25.8 Å². The molecule has 0 aromatic carbocycles. The van der Waals surface area contributed by atoms with Crippen LogP contribution in [0.5, 0.6) is 0 Å². The second-order valence-electron chi connectivity index (χ2n) is 4.29. The van der Waals surface area contributed by atoms with Crippen molar-refractivity contribution in [3.05, 3.63) is 12.4 Å². The van der Waals surface area contributed by atoms with E-state index in [9.17, 15) is 8.42 Å². The molecule has 0 atom stereocenters. The number of sulfonamides is 1. The van der Waals surface area contributed by atoms with Gasteiger partial charge in [-0.2, -0.15) is 5.10 Å². The van der Waals surface area contributed by atoms with Crippen molar-refractivity contribution in [2.24, 2.45) is 0 Å². The highest BCUT2D eigenvalue weighted by Crippen LogP contribution is 2.20. The molecule has 0 bridgehead atoms. The lowest BCUT2D eigenvalue weighted by Gasteiger charge is -2.25. The summed E-state index contributed by atoms with van der Waals surface area (Å²) in [7, 11) is -1.53. The molecule has 6 nitrogen and oxygen atoms in total. The highest BCUT2D eigenvalue weighted by molar-refractivity contribution is 7.89. The van der Waals surface area contributed by atoms with Crippen LogP contribution in [0.4, 0.5) is 0 Å². The van der Waals surface area contributed by atoms with Crippen LogP contribution in [0.25, 0.3) is 0 Å². The second kappa shape index (κ2) is 5.16. The molecule has 0 spiro atoms. The van der Waals surface area contributed by atoms with Gasteiger partial charge >= 0.3 is 0 Å². The predicted octanol–water partition coefficient (Wildman–Crippen LogP) is -0.0667. The molecule has 17 heavy (non-hydrogen) atoms. The maximum atomic E-state index is 11.9. The molecule has 96 valence electrons. The van der Waals surface area contributed by atoms with E-state index in [1.165, 1.54) is 6.20 Å². The lowest BCUT2D eigenvalue weighted by Crippen LogP contribution is -2.39. The topological polar surface area (TPSA) is 76.0 Å². The van der Waals surface area contributed by atoms with Gasteiger partial charge in [-0.15, -0.1) is 0 Å². The standard InChI is InChI=1S/C10H18N4O2S/c1-11-5-6-14-8-10(7-12-14)17(15,16)13-9-3-2-4-9/h7-9,11,13H,2-6H2,1H3. The number of nitrogens with one attached hydrogen (secondary N) is 2. The van der Waals surface area contributed by atoms with E-state index in [1.54, 1.807) is 10.9 Å². The van der Waals surface area contributed by atoms with Gasteiger partial charge in [-0.25, -0.2) is 13.1 Å². The Morgan fingerprint density at radius 3 is 2.88 bits per heavy atom. The van der Waals surface area contributed by atoms with Crippen molar-refractivity contribution in [2.75, 3.05) is 13.6 Å². The van der Waals surface area contributed by atoms with Gasteiger partial charge in [0.15, 0.2) is 0 Å². The fraction of sp³-hybridized carbons (Fsp3) is 0.700. The molecule has 0 aliphatic heterocycles. The van der Waals surface area contributed by atoms with Crippen molar-refractivity contribution in [1.29, 1.82) is 0 Å². The summed E-state index contributed by atoms with van der Waals surface area (Å²) in [5.41, 5.74) is 0. The Balaban J connectivity index is 2.02. The Labute approximate surface area is 101 Å². The highest BCUT2D eigenvalue weighted by atomic mass is 32.2. The van der Waals surface area contributed by atoms with E-state index < -0.39 is 10.0 Å². The maximum absolute atomic E-state index is 11.9. The number of hydrogen-bond donors (Lipinski definition) is 2. The van der Waals surface area contributed by atoms with Gasteiger partial charge in [0, 0.05) is 18.8 Å². The summed E-state index contributed by atoms with van der Waals surface area (Å²) in [4.78, 5) is 0.250. The van der Waals surface area contributed by atoms with Gasteiger partial charge in [0.1, 0.15) is 4.90 Å². The van der Waals surface area contributed by atoms with Gasteiger partial charge in [-0.05, 0) is 19.9 Å². The smallest absolute Gasteiger partial charge is 0.243 e. The average molecular weight is 258 g/mol. The van der Waals surface area contributed by atoms with Crippen LogP contribution in [-0.4, -0.2) is 37.8 Å². The van der Waals surface area contributed by atoms with Gasteiger partial charge < -0.3 is 5.32 Å². The highest BCUT2D eigenvalue weighted by Gasteiger charge is 2.25. The maximum Gasteiger partial charge on any atom is 0.243 e. The first-order chi connectivity index (χ1) is 8.12. The lowest BCUT2D eigenvalue weighted by molar-refractivity contribution is 0.383. The van der Waals surface area contributed by atoms with Gasteiger partial charge in [0.25, 0.3) is 0 Å². The predicted molar refractivity (Wildman–Crippen MR) is 64.1 cm³/mol. The van der Waals surface area contributed by atoms with Gasteiger partial charge in [0.2, 0.25) is 10.0 Å². The van der Waals surface area contributed by atoms with Crippen molar-refractivity contribution in [3.63, 3.8) is 0 Å². The molecule has 0 amide bonds. The van der Waals surface area contributed by atoms with Crippen molar-refractivity contribution in [1.82, 2.24) is 19.8 Å². The van der Waals surface area contributed by atoms with Crippen molar-refractivity contribution in [2.45, 2.75) is 36.7 Å². The molecule has 0 saturated heterocycles. The molecule has 7 heteroatoms. The summed E-state index contributed by atoms with van der Waals surface area (Å²) in [6.45, 7) is 1.42. The van der Waals surface area contributed by atoms with Crippen molar-refractivity contribution < 1.29 is 8.42 Å². The monoisotopic (exact) mass is 258 g/mol. The Bertz CT molecular complexity index is 464. The fourth-order valence-corrected chi connectivity index (χ4v) is 2.90. The van der Waals surface area contributed by atoms with Crippen LogP contribution in [0.3, 0.4) is 0 Å². The summed E-state index contributed by atoms with van der Waals surface area (Å²) >= 11 is 0. The largest absolute Gasteiger partial charge is 0.318 e. The number of hydrogen-bond acceptors (Lipinski definition) is 4. The van der Waals surface area contributed by atoms with Crippen LogP contribution in [0, 0.1) is 0 Å². The third-order valence-corrected chi connectivity index (χ3v) is 4.41. The molecule has 1 saturated carbocycles. The molecule has 0 radical (unpaired) electrons. The molecule has 1 aliphatic carbocycles. The molecule has 1 aromatic heterocycles. The van der Waals surface area contributed by atoms with Crippen molar-refractivity contribution >= 4 is 10.0 Å². The first-order valence-corrected chi connectivity index (χ1v) is 7.29. The van der Waals surface area contributed by atoms with Gasteiger partial charge in [-0.1, -0.05) is 6.42 Å². The van der Waals surface area contributed by atoms with Gasteiger partial charge in [0.05, 0.1) is 12.7 Å². The van der Waals surface area contributed by atoms with E-state index in [2.05, 4.69) is 15.1 Å². The summed E-state index contributed by atoms with van der Waals surface area (Å²) in [6.07, 6.45) is 5.95. The minimum atomic E-state index is -3.38. The van der Waals surface area contributed by atoms with Crippen LogP contribution in [0.1, 0.15) is 19.3 Å². The molecule has 2 rings (SSSR count). The first kappa shape index (κ1) is 12.5. The van der Waals surface area contributed by atoms with E-state index >= 15 is 0 Å². The summed E-state index contributed by atoms with van der Waals surface area (Å²) in [5.74, 6) is 0. The third kappa shape index (κ3) is 3.05. The molecule has 1 heterocycles. The first-order valence-electron chi connectivity index (χ1n) is 5.81. The van der Waals surface area contributed by atoms with Crippen LogP contribution in [0.2, 0.25) is 0 Å². The Kier molecular flexibility index (Phi) is 3.80. The van der Waals surface area contributed by atoms with Crippen LogP contribution < -0.4 is 10.0 Å². The minimum Gasteiger partial charge on any atom is -0.318 e. The summed E-state index contributed by atoms with van der Waals surface area (Å²) in [5, 5.41) is 7.02. The van der Waals surface area contributed by atoms with Crippen LogP contribution >= 0.6 is 0 Å². The number of nitrogens with zero attached hydrogens (tertiary/aromatic N) is 2. The summed E-state index contributed by atoms with van der Waals surface area (Å²) < 4.78 is 28.2. The van der Waals surface area contributed by atoms with E-state index in [0.29, 0.717) is 6.54 Å². The lowest BCUT2D eigenvalue weighted by atomic mass is 9.94. The van der Waals surface area contributed by atoms with Gasteiger partial charge in [-0.3, -0.25) is 4.68 Å². The normalized spacial score (nSPS) is 17.0. The molecule has 1 aliphatic rings. The van der Waals surface area contributed by atoms with Crippen molar-refractivity contribution in [3.8, 4) is 0 Å². The third-order valence-electron chi connectivity index (χ3n) is 2.94. The molecular formula is C10H18N4O2S. The molecule has 0 unspecified atom stereocenters. The SMILES string of the molecule is CNCCn1cc(S(=O)(=O)NC2CCC2)cn1. The zero-order valence-electron chi connectivity index (χ0n) is 9.89. The number of likely N-dealkylation sites (N-methyl/N-ethyl adjacent to an activating group) is 1. The Hall–Kier alpha value is -0.920. The van der Waals surface area contributed by atoms with Crippen LogP contribution in [-0.2, 0) is 16.6 Å². The fourth-order valence-electron chi connectivity index (χ4n) is 1.65. The molecule has 1 aromatic rings. The quantitative estimate of drug-likeness (QED) is 0.749. The molecule has 1 fully saturated rings.